The van der Waals surface area contributed by atoms with Gasteiger partial charge in [0.2, 0.25) is 0 Å². The van der Waals surface area contributed by atoms with Crippen molar-refractivity contribution in [3.8, 4) is 0 Å². The first kappa shape index (κ1) is 14.5. The van der Waals surface area contributed by atoms with Gasteiger partial charge in [-0.2, -0.15) is 0 Å². The van der Waals surface area contributed by atoms with E-state index in [9.17, 15) is 8.78 Å². The van der Waals surface area contributed by atoms with E-state index in [1.54, 1.807) is 0 Å². The number of hydrogen-bond acceptors (Lipinski definition) is 1. The summed E-state index contributed by atoms with van der Waals surface area (Å²) in [6.45, 7) is 0.390. The van der Waals surface area contributed by atoms with E-state index in [1.807, 2.05) is 30.3 Å². The van der Waals surface area contributed by atoms with E-state index in [0.717, 1.165) is 17.7 Å². The molecule has 104 valence electrons. The van der Waals surface area contributed by atoms with Crippen LogP contribution in [0.4, 0.5) is 14.5 Å². The number of rotatable bonds is 3. The summed E-state index contributed by atoms with van der Waals surface area (Å²) in [7, 11) is 0. The highest BCUT2D eigenvalue weighted by Gasteiger charge is 2.08. The molecule has 0 saturated carbocycles. The molecule has 6 heteroatoms. The average molecular weight is 340 g/mol. The SMILES string of the molecule is NC(=NCc1ccccc1)Nc1cc(F)c(Br)c(F)c1. The summed E-state index contributed by atoms with van der Waals surface area (Å²) >= 11 is 2.80. The molecular weight excluding hydrogens is 328 g/mol. The number of nitrogens with one attached hydrogen (secondary N) is 1. The Balaban J connectivity index is 2.06. The first-order valence-corrected chi connectivity index (χ1v) is 6.61. The van der Waals surface area contributed by atoms with Crippen molar-refractivity contribution in [1.29, 1.82) is 0 Å². The third kappa shape index (κ3) is 3.77. The van der Waals surface area contributed by atoms with Crippen LogP contribution in [-0.4, -0.2) is 5.96 Å². The van der Waals surface area contributed by atoms with E-state index in [1.165, 1.54) is 0 Å². The zero-order valence-electron chi connectivity index (χ0n) is 10.4. The van der Waals surface area contributed by atoms with Gasteiger partial charge in [0, 0.05) is 5.69 Å². The van der Waals surface area contributed by atoms with Crippen molar-refractivity contribution in [2.45, 2.75) is 6.54 Å². The summed E-state index contributed by atoms with van der Waals surface area (Å²) in [5.41, 5.74) is 6.87. The zero-order chi connectivity index (χ0) is 14.5. The Morgan fingerprint density at radius 3 is 2.35 bits per heavy atom. The predicted octanol–water partition coefficient (Wildman–Crippen LogP) is 3.65. The fourth-order valence-corrected chi connectivity index (χ4v) is 1.80. The first-order chi connectivity index (χ1) is 9.56. The summed E-state index contributed by atoms with van der Waals surface area (Å²) in [6.07, 6.45) is 0. The molecule has 0 aliphatic heterocycles. The number of guanidine groups is 1. The largest absolute Gasteiger partial charge is 0.370 e. The monoisotopic (exact) mass is 339 g/mol. The molecule has 0 heterocycles. The van der Waals surface area contributed by atoms with Crippen molar-refractivity contribution in [1.82, 2.24) is 0 Å². The fraction of sp³-hybridized carbons (Fsp3) is 0.0714. The molecule has 20 heavy (non-hydrogen) atoms. The minimum absolute atomic E-state index is 0.0926. The summed E-state index contributed by atoms with van der Waals surface area (Å²) < 4.78 is 26.5. The van der Waals surface area contributed by atoms with Crippen LogP contribution in [-0.2, 0) is 6.54 Å². The lowest BCUT2D eigenvalue weighted by molar-refractivity contribution is 0.573. The summed E-state index contributed by atoms with van der Waals surface area (Å²) in [6, 6.07) is 11.8. The second kappa shape index (κ2) is 6.47. The first-order valence-electron chi connectivity index (χ1n) is 5.81. The van der Waals surface area contributed by atoms with Crippen molar-refractivity contribution in [3.05, 3.63) is 64.1 Å². The molecule has 2 aromatic carbocycles. The standard InChI is InChI=1S/C14H12BrF2N3/c15-13-11(16)6-10(7-12(13)17)20-14(18)19-8-9-4-2-1-3-5-9/h1-7H,8H2,(H3,18,19,20). The van der Waals surface area contributed by atoms with Gasteiger partial charge in [0.15, 0.2) is 5.96 Å². The third-order valence-corrected chi connectivity index (χ3v) is 3.29. The van der Waals surface area contributed by atoms with Gasteiger partial charge < -0.3 is 11.1 Å². The maximum atomic E-state index is 13.3. The molecule has 0 spiro atoms. The lowest BCUT2D eigenvalue weighted by Gasteiger charge is -2.07. The molecule has 3 N–H and O–H groups in total. The molecule has 0 saturated heterocycles. The van der Waals surface area contributed by atoms with E-state index < -0.39 is 11.6 Å². The number of aliphatic imine (C=N–C) groups is 1. The molecule has 3 nitrogen and oxygen atoms in total. The second-order valence-electron chi connectivity index (χ2n) is 4.07. The third-order valence-electron chi connectivity index (χ3n) is 2.53. The topological polar surface area (TPSA) is 50.4 Å². The van der Waals surface area contributed by atoms with E-state index in [4.69, 9.17) is 5.73 Å². The average Bonchev–Trinajstić information content (AvgIpc) is 2.43. The zero-order valence-corrected chi connectivity index (χ0v) is 12.0. The van der Waals surface area contributed by atoms with Crippen molar-refractivity contribution in [2.75, 3.05) is 5.32 Å². The number of nitrogens with zero attached hydrogens (tertiary/aromatic N) is 1. The van der Waals surface area contributed by atoms with Crippen LogP contribution in [0, 0.1) is 11.6 Å². The molecule has 0 unspecified atom stereocenters. The highest BCUT2D eigenvalue weighted by Crippen LogP contribution is 2.23. The predicted molar refractivity (Wildman–Crippen MR) is 79.4 cm³/mol. The highest BCUT2D eigenvalue weighted by molar-refractivity contribution is 9.10. The Kier molecular flexibility index (Phi) is 4.68. The molecule has 0 fully saturated rings. The van der Waals surface area contributed by atoms with Gasteiger partial charge >= 0.3 is 0 Å². The maximum Gasteiger partial charge on any atom is 0.193 e. The van der Waals surface area contributed by atoms with Crippen molar-refractivity contribution in [3.63, 3.8) is 0 Å². The van der Waals surface area contributed by atoms with Gasteiger partial charge in [0.05, 0.1) is 11.0 Å². The quantitative estimate of drug-likeness (QED) is 0.509. The van der Waals surface area contributed by atoms with E-state index >= 15 is 0 Å². The van der Waals surface area contributed by atoms with Crippen LogP contribution < -0.4 is 11.1 Å². The van der Waals surface area contributed by atoms with Crippen LogP contribution in [0.2, 0.25) is 0 Å². The van der Waals surface area contributed by atoms with Gasteiger partial charge in [-0.15, -0.1) is 0 Å². The number of halogens is 3. The molecule has 0 aromatic heterocycles. The smallest absolute Gasteiger partial charge is 0.193 e. The lowest BCUT2D eigenvalue weighted by atomic mass is 10.2. The minimum Gasteiger partial charge on any atom is -0.370 e. The lowest BCUT2D eigenvalue weighted by Crippen LogP contribution is -2.22. The minimum atomic E-state index is -0.705. The number of anilines is 1. The fourth-order valence-electron chi connectivity index (χ4n) is 1.57. The molecule has 0 amide bonds. The van der Waals surface area contributed by atoms with E-state index in [-0.39, 0.29) is 16.1 Å². The van der Waals surface area contributed by atoms with Crippen LogP contribution in [0.15, 0.2) is 51.9 Å². The summed E-state index contributed by atoms with van der Waals surface area (Å²) in [5.74, 6) is -1.32. The molecule has 0 aliphatic rings. The van der Waals surface area contributed by atoms with Crippen molar-refractivity contribution in [2.24, 2.45) is 10.7 Å². The molecule has 0 bridgehead atoms. The highest BCUT2D eigenvalue weighted by atomic mass is 79.9. The molecule has 0 radical (unpaired) electrons. The summed E-state index contributed by atoms with van der Waals surface area (Å²) in [5, 5.41) is 2.65. The number of nitrogens with two attached hydrogens (primary N) is 1. The van der Waals surface area contributed by atoms with E-state index in [2.05, 4.69) is 26.2 Å². The Morgan fingerprint density at radius 1 is 1.15 bits per heavy atom. The van der Waals surface area contributed by atoms with Crippen molar-refractivity contribution < 1.29 is 8.78 Å². The van der Waals surface area contributed by atoms with Gasteiger partial charge in [0.25, 0.3) is 0 Å². The van der Waals surface area contributed by atoms with Gasteiger partial charge in [0.1, 0.15) is 11.6 Å². The van der Waals surface area contributed by atoms with Gasteiger partial charge in [-0.1, -0.05) is 30.3 Å². The molecule has 2 rings (SSSR count). The van der Waals surface area contributed by atoms with Crippen LogP contribution in [0.25, 0.3) is 0 Å². The Labute approximate surface area is 123 Å². The summed E-state index contributed by atoms with van der Waals surface area (Å²) in [4.78, 5) is 4.10. The van der Waals surface area contributed by atoms with Crippen molar-refractivity contribution >= 4 is 27.6 Å². The van der Waals surface area contributed by atoms with Crippen LogP contribution in [0.5, 0.6) is 0 Å². The normalized spacial score (nSPS) is 11.4. The van der Waals surface area contributed by atoms with E-state index in [0.29, 0.717) is 6.54 Å². The maximum absolute atomic E-state index is 13.3. The Morgan fingerprint density at radius 2 is 1.75 bits per heavy atom. The Bertz CT molecular complexity index is 607. The number of hydrogen-bond donors (Lipinski definition) is 2. The molecule has 0 atom stereocenters. The van der Waals surface area contributed by atoms with Gasteiger partial charge in [-0.3, -0.25) is 0 Å². The molecular formula is C14H12BrF2N3. The molecule has 2 aromatic rings. The molecule has 0 aliphatic carbocycles. The number of benzene rings is 2. The van der Waals surface area contributed by atoms with Gasteiger partial charge in [-0.05, 0) is 33.6 Å². The van der Waals surface area contributed by atoms with Crippen LogP contribution in [0.1, 0.15) is 5.56 Å². The van der Waals surface area contributed by atoms with Crippen LogP contribution in [0.3, 0.4) is 0 Å². The van der Waals surface area contributed by atoms with Gasteiger partial charge in [-0.25, -0.2) is 13.8 Å². The van der Waals surface area contributed by atoms with Crippen LogP contribution >= 0.6 is 15.9 Å². The second-order valence-corrected chi connectivity index (χ2v) is 4.86. The Hall–Kier alpha value is -1.95.